The lowest BCUT2D eigenvalue weighted by Gasteiger charge is -2.19. The Labute approximate surface area is 166 Å². The average molecular weight is 382 g/mol. The first-order valence-electron chi connectivity index (χ1n) is 9.34. The summed E-state index contributed by atoms with van der Waals surface area (Å²) in [5, 5.41) is 9.43. The van der Waals surface area contributed by atoms with Crippen molar-refractivity contribution in [3.8, 4) is 0 Å². The first-order chi connectivity index (χ1) is 14.2. The minimum absolute atomic E-state index is 0.396. The van der Waals surface area contributed by atoms with Gasteiger partial charge in [0.25, 0.3) is 0 Å². The molecule has 2 heterocycles. The zero-order valence-corrected chi connectivity index (χ0v) is 15.7. The van der Waals surface area contributed by atoms with E-state index in [1.807, 2.05) is 79.7 Å². The number of para-hydroxylation sites is 2. The van der Waals surface area contributed by atoms with Crippen LogP contribution in [0.1, 0.15) is 27.8 Å². The van der Waals surface area contributed by atoms with E-state index in [1.165, 1.54) is 0 Å². The van der Waals surface area contributed by atoms with Crippen LogP contribution in [0.15, 0.2) is 78.9 Å². The number of esters is 1. The highest BCUT2D eigenvalue weighted by Gasteiger charge is 2.24. The summed E-state index contributed by atoms with van der Waals surface area (Å²) < 4.78 is 7.57. The van der Waals surface area contributed by atoms with E-state index >= 15 is 0 Å². The van der Waals surface area contributed by atoms with Crippen LogP contribution < -0.4 is 0 Å². The number of aromatic nitrogens is 4. The predicted molar refractivity (Wildman–Crippen MR) is 111 cm³/mol. The van der Waals surface area contributed by atoms with Crippen LogP contribution in [-0.4, -0.2) is 25.9 Å². The van der Waals surface area contributed by atoms with Crippen molar-refractivity contribution >= 4 is 27.9 Å². The molecule has 3 aromatic carbocycles. The number of hydrogen-bond donors (Lipinski definition) is 1. The van der Waals surface area contributed by atoms with Gasteiger partial charge in [0.15, 0.2) is 0 Å². The van der Waals surface area contributed by atoms with E-state index in [9.17, 15) is 4.79 Å². The van der Waals surface area contributed by atoms with Gasteiger partial charge in [0, 0.05) is 16.5 Å². The highest BCUT2D eigenvalue weighted by atomic mass is 16.6. The number of fused-ring (bicyclic) bond motifs is 2. The third-order valence-electron chi connectivity index (χ3n) is 4.93. The van der Waals surface area contributed by atoms with Gasteiger partial charge in [-0.1, -0.05) is 65.4 Å². The molecule has 5 rings (SSSR count). The molecule has 0 aliphatic carbocycles. The Balaban J connectivity index is 1.56. The largest absolute Gasteiger partial charge is 0.431 e. The highest BCUT2D eigenvalue weighted by molar-refractivity contribution is 5.94. The normalized spacial score (nSPS) is 12.3. The first kappa shape index (κ1) is 17.2. The van der Waals surface area contributed by atoms with Crippen LogP contribution >= 0.6 is 0 Å². The summed E-state index contributed by atoms with van der Waals surface area (Å²) in [6.07, 6.45) is -0.734. The fraction of sp³-hybridized carbons (Fsp3) is 0.0870. The number of ether oxygens (including phenoxy) is 1. The van der Waals surface area contributed by atoms with Crippen molar-refractivity contribution in [1.29, 1.82) is 0 Å². The third-order valence-corrected chi connectivity index (χ3v) is 4.93. The number of carbonyl (C=O) groups excluding carboxylic acids is 1. The zero-order valence-electron chi connectivity index (χ0n) is 15.7. The third kappa shape index (κ3) is 3.14. The topological polar surface area (TPSA) is 72.8 Å². The SMILES string of the molecule is Cc1ccc(C(OC(=O)c2cc3ccccc3[nH]2)n2nnc3ccccc32)cc1. The molecular formula is C23H18N4O2. The maximum absolute atomic E-state index is 13.0. The van der Waals surface area contributed by atoms with E-state index in [0.717, 1.165) is 33.1 Å². The lowest BCUT2D eigenvalue weighted by molar-refractivity contribution is 0.0190. The molecule has 0 aliphatic heterocycles. The Morgan fingerprint density at radius 3 is 2.59 bits per heavy atom. The van der Waals surface area contributed by atoms with E-state index < -0.39 is 12.2 Å². The average Bonchev–Trinajstić information content (AvgIpc) is 3.37. The molecule has 2 aromatic heterocycles. The molecule has 6 nitrogen and oxygen atoms in total. The summed E-state index contributed by atoms with van der Waals surface area (Å²) in [7, 11) is 0. The fourth-order valence-corrected chi connectivity index (χ4v) is 3.40. The molecule has 6 heteroatoms. The minimum Gasteiger partial charge on any atom is -0.431 e. The molecule has 0 saturated carbocycles. The summed E-state index contributed by atoms with van der Waals surface area (Å²) in [6, 6.07) is 25.0. The number of nitrogens with zero attached hydrogens (tertiary/aromatic N) is 3. The van der Waals surface area contributed by atoms with Gasteiger partial charge in [-0.05, 0) is 31.2 Å². The molecule has 1 N–H and O–H groups in total. The van der Waals surface area contributed by atoms with Gasteiger partial charge >= 0.3 is 5.97 Å². The molecule has 0 fully saturated rings. The second kappa shape index (κ2) is 6.91. The van der Waals surface area contributed by atoms with Gasteiger partial charge in [-0.2, -0.15) is 0 Å². The summed E-state index contributed by atoms with van der Waals surface area (Å²) >= 11 is 0. The van der Waals surface area contributed by atoms with Crippen molar-refractivity contribution in [2.75, 3.05) is 0 Å². The van der Waals surface area contributed by atoms with Crippen LogP contribution in [-0.2, 0) is 4.74 Å². The van der Waals surface area contributed by atoms with E-state index in [0.29, 0.717) is 5.69 Å². The lowest BCUT2D eigenvalue weighted by Crippen LogP contribution is -2.20. The first-order valence-corrected chi connectivity index (χ1v) is 9.34. The van der Waals surface area contributed by atoms with Gasteiger partial charge in [-0.25, -0.2) is 9.48 Å². The lowest BCUT2D eigenvalue weighted by atomic mass is 10.1. The van der Waals surface area contributed by atoms with Crippen LogP contribution in [0, 0.1) is 6.92 Å². The maximum Gasteiger partial charge on any atom is 0.357 e. The minimum atomic E-state index is -0.734. The van der Waals surface area contributed by atoms with E-state index in [2.05, 4.69) is 15.3 Å². The monoisotopic (exact) mass is 382 g/mol. The molecule has 1 unspecified atom stereocenters. The number of H-pyrrole nitrogens is 1. The number of benzene rings is 3. The summed E-state index contributed by atoms with van der Waals surface area (Å²) in [5.41, 5.74) is 4.76. The standard InChI is InChI=1S/C23H18N4O2/c1-15-10-12-16(13-11-15)22(27-21-9-5-4-8-19(21)25-26-27)29-23(28)20-14-17-6-2-3-7-18(17)24-20/h2-14,22,24H,1H3. The molecule has 0 bridgehead atoms. The van der Waals surface area contributed by atoms with Gasteiger partial charge in [-0.3, -0.25) is 0 Å². The molecule has 0 amide bonds. The number of rotatable bonds is 4. The summed E-state index contributed by atoms with van der Waals surface area (Å²) in [5.74, 6) is -0.452. The van der Waals surface area contributed by atoms with Crippen molar-refractivity contribution in [1.82, 2.24) is 20.0 Å². The van der Waals surface area contributed by atoms with Crippen molar-refractivity contribution in [3.63, 3.8) is 0 Å². The Bertz CT molecular complexity index is 1280. The molecule has 142 valence electrons. The molecule has 0 spiro atoms. The van der Waals surface area contributed by atoms with Gasteiger partial charge in [0.1, 0.15) is 11.2 Å². The van der Waals surface area contributed by atoms with E-state index in [1.54, 1.807) is 10.7 Å². The van der Waals surface area contributed by atoms with Crippen LogP contribution in [0.5, 0.6) is 0 Å². The number of nitrogens with one attached hydrogen (secondary N) is 1. The van der Waals surface area contributed by atoms with Crippen molar-refractivity contribution in [2.24, 2.45) is 0 Å². The van der Waals surface area contributed by atoms with Crippen LogP contribution in [0.25, 0.3) is 21.9 Å². The molecular weight excluding hydrogens is 364 g/mol. The molecule has 1 atom stereocenters. The molecule has 0 radical (unpaired) electrons. The molecule has 0 aliphatic rings. The Morgan fingerprint density at radius 1 is 1.00 bits per heavy atom. The Morgan fingerprint density at radius 2 is 1.76 bits per heavy atom. The van der Waals surface area contributed by atoms with Crippen LogP contribution in [0.3, 0.4) is 0 Å². The number of aromatic amines is 1. The Kier molecular flexibility index (Phi) is 4.09. The van der Waals surface area contributed by atoms with E-state index in [4.69, 9.17) is 4.74 Å². The number of hydrogen-bond acceptors (Lipinski definition) is 4. The summed E-state index contributed by atoms with van der Waals surface area (Å²) in [6.45, 7) is 2.01. The van der Waals surface area contributed by atoms with Crippen molar-refractivity contribution in [2.45, 2.75) is 13.2 Å². The zero-order chi connectivity index (χ0) is 19.8. The predicted octanol–water partition coefficient (Wildman–Crippen LogP) is 4.62. The molecule has 29 heavy (non-hydrogen) atoms. The number of carbonyl (C=O) groups is 1. The van der Waals surface area contributed by atoms with E-state index in [-0.39, 0.29) is 0 Å². The van der Waals surface area contributed by atoms with Crippen molar-refractivity contribution in [3.05, 3.63) is 95.7 Å². The van der Waals surface area contributed by atoms with Crippen LogP contribution in [0.4, 0.5) is 0 Å². The second-order valence-electron chi connectivity index (χ2n) is 6.96. The van der Waals surface area contributed by atoms with Gasteiger partial charge in [-0.15, -0.1) is 5.10 Å². The fourth-order valence-electron chi connectivity index (χ4n) is 3.40. The Hall–Kier alpha value is -3.93. The highest BCUT2D eigenvalue weighted by Crippen LogP contribution is 2.26. The number of aryl methyl sites for hydroxylation is 1. The smallest absolute Gasteiger partial charge is 0.357 e. The quantitative estimate of drug-likeness (QED) is 0.460. The van der Waals surface area contributed by atoms with Gasteiger partial charge in [0.2, 0.25) is 6.23 Å². The second-order valence-corrected chi connectivity index (χ2v) is 6.96. The van der Waals surface area contributed by atoms with Crippen molar-refractivity contribution < 1.29 is 9.53 Å². The van der Waals surface area contributed by atoms with Crippen LogP contribution in [0.2, 0.25) is 0 Å². The van der Waals surface area contributed by atoms with Gasteiger partial charge < -0.3 is 9.72 Å². The maximum atomic E-state index is 13.0. The molecule has 5 aromatic rings. The molecule has 0 saturated heterocycles. The summed E-state index contributed by atoms with van der Waals surface area (Å²) in [4.78, 5) is 16.1. The van der Waals surface area contributed by atoms with Gasteiger partial charge in [0.05, 0.1) is 5.52 Å².